The number of hydrogen-bond donors (Lipinski definition) is 2. The van der Waals surface area contributed by atoms with E-state index in [-0.39, 0.29) is 70.5 Å². The van der Waals surface area contributed by atoms with Gasteiger partial charge in [-0.3, -0.25) is 19.4 Å². The molecule has 5 aromatic rings. The first-order valence-electron chi connectivity index (χ1n) is 17.5. The van der Waals surface area contributed by atoms with Crippen LogP contribution in [0.25, 0.3) is 32.9 Å². The fourth-order valence-electron chi connectivity index (χ4n) is 7.86. The number of alkyl halides is 1. The van der Waals surface area contributed by atoms with Crippen LogP contribution >= 0.6 is 0 Å². The van der Waals surface area contributed by atoms with Gasteiger partial charge >= 0.3 is 6.01 Å². The summed E-state index contributed by atoms with van der Waals surface area (Å²) in [7, 11) is 3.30. The molecule has 3 saturated heterocycles. The van der Waals surface area contributed by atoms with Crippen LogP contribution in [0.3, 0.4) is 0 Å². The van der Waals surface area contributed by atoms with Crippen molar-refractivity contribution in [1.29, 1.82) is 0 Å². The van der Waals surface area contributed by atoms with Crippen molar-refractivity contribution in [2.24, 2.45) is 0 Å². The number of phenols is 1. The zero-order valence-electron chi connectivity index (χ0n) is 29.1. The zero-order chi connectivity index (χ0) is 36.3. The van der Waals surface area contributed by atoms with Crippen LogP contribution in [-0.4, -0.2) is 104 Å². The highest BCUT2D eigenvalue weighted by Gasteiger charge is 2.49. The molecule has 2 atom stereocenters. The maximum Gasteiger partial charge on any atom is 0.319 e. The Morgan fingerprint density at radius 1 is 1.19 bits per heavy atom. The summed E-state index contributed by atoms with van der Waals surface area (Å²) in [4.78, 5) is 30.0. The monoisotopic (exact) mass is 716 g/mol. The molecule has 0 saturated carbocycles. The number of nitrogens with zero attached hydrogens (tertiary/aromatic N) is 7. The minimum atomic E-state index is -0.963. The number of amides is 1. The average molecular weight is 717 g/mol. The summed E-state index contributed by atoms with van der Waals surface area (Å²) in [5, 5.41) is 19.7. The third-order valence-electron chi connectivity index (χ3n) is 10.5. The number of fused-ring (bicyclic) bond motifs is 3. The van der Waals surface area contributed by atoms with Gasteiger partial charge in [0.05, 0.1) is 42.4 Å². The second kappa shape index (κ2) is 13.2. The number of benzene rings is 2. The van der Waals surface area contributed by atoms with Gasteiger partial charge in [0.1, 0.15) is 41.4 Å². The highest BCUT2D eigenvalue weighted by atomic mass is 19.1. The van der Waals surface area contributed by atoms with Crippen LogP contribution < -0.4 is 10.1 Å². The number of carbonyl (C=O) groups excluding carboxylic acids is 1. The van der Waals surface area contributed by atoms with Crippen LogP contribution in [-0.2, 0) is 17.7 Å². The van der Waals surface area contributed by atoms with Crippen LogP contribution in [0, 0.1) is 11.6 Å². The fourth-order valence-corrected chi connectivity index (χ4v) is 7.86. The predicted molar refractivity (Wildman–Crippen MR) is 187 cm³/mol. The normalized spacial score (nSPS) is 20.4. The molecule has 15 heteroatoms. The van der Waals surface area contributed by atoms with Crippen LogP contribution in [0.2, 0.25) is 0 Å². The topological polar surface area (TPSA) is 131 Å². The van der Waals surface area contributed by atoms with Crippen LogP contribution in [0.5, 0.6) is 11.8 Å². The molecule has 0 bridgehead atoms. The van der Waals surface area contributed by atoms with Gasteiger partial charge in [0.15, 0.2) is 11.5 Å². The molecule has 0 radical (unpaired) electrons. The van der Waals surface area contributed by atoms with Gasteiger partial charge in [-0.2, -0.15) is 15.1 Å². The first-order valence-corrected chi connectivity index (χ1v) is 17.5. The van der Waals surface area contributed by atoms with E-state index in [1.165, 1.54) is 35.4 Å². The summed E-state index contributed by atoms with van der Waals surface area (Å²) in [5.74, 6) is -1.43. The molecule has 0 spiro atoms. The van der Waals surface area contributed by atoms with Gasteiger partial charge in [0.25, 0.3) is 5.91 Å². The molecule has 3 aliphatic heterocycles. The van der Waals surface area contributed by atoms with Crippen molar-refractivity contribution >= 4 is 33.4 Å². The van der Waals surface area contributed by atoms with Crippen molar-refractivity contribution < 1.29 is 32.5 Å². The Balaban J connectivity index is 1.22. The lowest BCUT2D eigenvalue weighted by Crippen LogP contribution is -2.43. The number of carbonyl (C=O) groups is 1. The number of anilines is 1. The van der Waals surface area contributed by atoms with E-state index in [1.54, 1.807) is 31.8 Å². The number of ether oxygens (including phenoxy) is 2. The molecule has 2 N–H and O–H groups in total. The number of halogens is 3. The fraction of sp³-hybridized carbons (Fsp3) is 0.432. The van der Waals surface area contributed by atoms with Gasteiger partial charge < -0.3 is 24.8 Å². The lowest BCUT2D eigenvalue weighted by molar-refractivity contribution is -0.0298. The van der Waals surface area contributed by atoms with E-state index in [9.17, 15) is 14.3 Å². The number of aromatic hydroxyl groups is 1. The van der Waals surface area contributed by atoms with Crippen LogP contribution in [0.15, 0.2) is 36.5 Å². The first kappa shape index (κ1) is 34.1. The van der Waals surface area contributed by atoms with Gasteiger partial charge in [0.2, 0.25) is 0 Å². The van der Waals surface area contributed by atoms with Gasteiger partial charge in [0, 0.05) is 38.8 Å². The molecule has 1 amide bonds. The third-order valence-corrected chi connectivity index (χ3v) is 10.5. The number of hydrogen-bond acceptors (Lipinski definition) is 10. The van der Waals surface area contributed by atoms with Gasteiger partial charge in [-0.05, 0) is 66.4 Å². The predicted octanol–water partition coefficient (Wildman–Crippen LogP) is 5.43. The lowest BCUT2D eigenvalue weighted by Gasteiger charge is -2.30. The van der Waals surface area contributed by atoms with E-state index in [0.29, 0.717) is 54.6 Å². The summed E-state index contributed by atoms with van der Waals surface area (Å²) < 4.78 is 59.9. The molecule has 52 heavy (non-hydrogen) atoms. The van der Waals surface area contributed by atoms with Crippen molar-refractivity contribution in [3.8, 4) is 23.0 Å². The van der Waals surface area contributed by atoms with E-state index in [2.05, 4.69) is 30.3 Å². The number of aryl methyl sites for hydroxylation is 1. The molecule has 12 nitrogen and oxygen atoms in total. The van der Waals surface area contributed by atoms with E-state index in [1.807, 2.05) is 0 Å². The summed E-state index contributed by atoms with van der Waals surface area (Å²) >= 11 is 0. The average Bonchev–Trinajstić information content (AvgIpc) is 3.77. The Labute approximate surface area is 297 Å². The molecule has 0 unspecified atom stereocenters. The molecule has 3 aliphatic rings. The maximum atomic E-state index is 16.9. The molecule has 272 valence electrons. The molecule has 0 aliphatic carbocycles. The summed E-state index contributed by atoms with van der Waals surface area (Å²) in [5.41, 5.74) is 0.795. The molecule has 3 aromatic heterocycles. The van der Waals surface area contributed by atoms with Gasteiger partial charge in [-0.25, -0.2) is 13.2 Å². The summed E-state index contributed by atoms with van der Waals surface area (Å²) in [6.07, 6.45) is 2.81. The number of pyridine rings is 1. The van der Waals surface area contributed by atoms with Crippen molar-refractivity contribution in [3.05, 3.63) is 65.1 Å². The minimum Gasteiger partial charge on any atom is -0.508 e. The van der Waals surface area contributed by atoms with Crippen molar-refractivity contribution in [3.63, 3.8) is 0 Å². The quantitative estimate of drug-likeness (QED) is 0.193. The third kappa shape index (κ3) is 5.85. The Morgan fingerprint density at radius 2 is 2.02 bits per heavy atom. The summed E-state index contributed by atoms with van der Waals surface area (Å²) in [6.45, 7) is 4.08. The van der Waals surface area contributed by atoms with Gasteiger partial charge in [-0.1, -0.05) is 13.0 Å². The van der Waals surface area contributed by atoms with Crippen molar-refractivity contribution in [2.45, 2.75) is 56.9 Å². The second-order valence-electron chi connectivity index (χ2n) is 14.1. The Bertz CT molecular complexity index is 2210. The number of phenolic OH excluding ortho intramolecular Hbond substituents is 1. The molecule has 3 fully saturated rings. The van der Waals surface area contributed by atoms with Crippen molar-refractivity contribution in [2.75, 3.05) is 52.3 Å². The first-order chi connectivity index (χ1) is 25.0. The van der Waals surface area contributed by atoms with E-state index in [4.69, 9.17) is 9.47 Å². The zero-order valence-corrected chi connectivity index (χ0v) is 29.1. The Morgan fingerprint density at radius 3 is 2.77 bits per heavy atom. The lowest BCUT2D eigenvalue weighted by atomic mass is 9.94. The molecule has 6 heterocycles. The van der Waals surface area contributed by atoms with Crippen LogP contribution in [0.4, 0.5) is 19.0 Å². The largest absolute Gasteiger partial charge is 0.508 e. The SMILES string of the molecule is CCc1c(F)ccc2cc(O)cc(-c3ncc4c(NCc5cc(C(=O)N(C)C)nn5C5COC5)nc(OC[C@@]56CCCN5C[C@H](F)C6)nc4c3F)c12. The Hall–Kier alpha value is -5.02. The molecular formula is C37H39F3N8O4. The van der Waals surface area contributed by atoms with E-state index >= 15 is 8.78 Å². The Kier molecular flexibility index (Phi) is 8.65. The molecule has 8 rings (SSSR count). The summed E-state index contributed by atoms with van der Waals surface area (Å²) in [6, 6.07) is 7.27. The molecule has 2 aromatic carbocycles. The number of nitrogens with one attached hydrogen (secondary N) is 1. The second-order valence-corrected chi connectivity index (χ2v) is 14.1. The number of rotatable bonds is 10. The van der Waals surface area contributed by atoms with Gasteiger partial charge in [-0.15, -0.1) is 0 Å². The minimum absolute atomic E-state index is 0.0578. The maximum absolute atomic E-state index is 16.9. The number of aromatic nitrogens is 5. The van der Waals surface area contributed by atoms with E-state index < -0.39 is 23.3 Å². The highest BCUT2D eigenvalue weighted by Crippen LogP contribution is 2.41. The smallest absolute Gasteiger partial charge is 0.319 e. The van der Waals surface area contributed by atoms with E-state index in [0.717, 1.165) is 19.4 Å². The highest BCUT2D eigenvalue weighted by molar-refractivity contribution is 6.01. The standard InChI is InChI=1S/C37H39F3N8O4/c1-4-25-28(39)7-6-20-10-24(49)12-26(30(20)25)32-31(40)33-27(15-41-32)34(44-36(43-33)52-19-37-8-5-9-47(37)16-21(38)13-37)42-14-22-11-29(35(50)46(2)3)45-48(22)23-17-51-18-23/h6-7,10-12,15,21,23,49H,4-5,8-9,13-14,16-19H2,1-3H3,(H,42,43,44)/t21-,37+/m1/s1. The van der Waals surface area contributed by atoms with Crippen molar-refractivity contribution in [1.82, 2.24) is 34.5 Å². The van der Waals surface area contributed by atoms with Crippen LogP contribution in [0.1, 0.15) is 54.0 Å². The molecular weight excluding hydrogens is 677 g/mol.